The van der Waals surface area contributed by atoms with Gasteiger partial charge < -0.3 is 19.2 Å². The third kappa shape index (κ3) is 4.22. The summed E-state index contributed by atoms with van der Waals surface area (Å²) in [6.07, 6.45) is 1.64. The van der Waals surface area contributed by atoms with Crippen LogP contribution in [0.25, 0.3) is 11.0 Å². The second-order valence-corrected chi connectivity index (χ2v) is 8.45. The maximum Gasteiger partial charge on any atom is 0.329 e. The van der Waals surface area contributed by atoms with Crippen LogP contribution in [0, 0.1) is 11.6 Å². The molecule has 1 aromatic carbocycles. The Bertz CT molecular complexity index is 1250. The van der Waals surface area contributed by atoms with Gasteiger partial charge in [0.2, 0.25) is 0 Å². The minimum Gasteiger partial charge on any atom is -0.493 e. The van der Waals surface area contributed by atoms with Crippen molar-refractivity contribution in [2.45, 2.75) is 27.4 Å². The number of halogens is 2. The molecule has 1 fully saturated rings. The maximum absolute atomic E-state index is 15.2. The summed E-state index contributed by atoms with van der Waals surface area (Å²) in [5.74, 6) is -2.37. The number of amides is 2. The van der Waals surface area contributed by atoms with Crippen molar-refractivity contribution in [3.05, 3.63) is 41.2 Å². The van der Waals surface area contributed by atoms with E-state index in [0.29, 0.717) is 43.2 Å². The number of urea groups is 1. The first-order valence-corrected chi connectivity index (χ1v) is 11.4. The number of rotatable bonds is 6. The molecule has 9 nitrogen and oxygen atoms in total. The average Bonchev–Trinajstić information content (AvgIpc) is 3.28. The summed E-state index contributed by atoms with van der Waals surface area (Å²) >= 11 is 0. The van der Waals surface area contributed by atoms with Crippen molar-refractivity contribution in [2.75, 3.05) is 56.9 Å². The zero-order valence-corrected chi connectivity index (χ0v) is 19.9. The Morgan fingerprint density at radius 3 is 2.36 bits per heavy atom. The molecule has 36 heavy (non-hydrogen) atoms. The van der Waals surface area contributed by atoms with Crippen LogP contribution in [0.3, 0.4) is 0 Å². The van der Waals surface area contributed by atoms with Crippen LogP contribution in [0.15, 0.2) is 18.3 Å². The molecule has 194 valence electrons. The number of anilines is 2. The number of carbonyl (C=O) groups is 1. The highest BCUT2D eigenvalue weighted by Gasteiger charge is 2.37. The molecular weight excluding hydrogens is 472 g/mol. The van der Waals surface area contributed by atoms with Gasteiger partial charge in [0.25, 0.3) is 0 Å². The van der Waals surface area contributed by atoms with E-state index >= 15 is 8.78 Å². The molecule has 0 radical (unpaired) electrons. The second kappa shape index (κ2) is 10.3. The van der Waals surface area contributed by atoms with Gasteiger partial charge in [-0.2, -0.15) is 0 Å². The molecule has 0 spiro atoms. The van der Waals surface area contributed by atoms with E-state index in [1.807, 2.05) is 13.0 Å². The largest absolute Gasteiger partial charge is 0.493 e. The van der Waals surface area contributed by atoms with Crippen molar-refractivity contribution in [2.24, 2.45) is 0 Å². The third-order valence-corrected chi connectivity index (χ3v) is 6.46. The molecule has 0 unspecified atom stereocenters. The Hall–Kier alpha value is -3.44. The van der Waals surface area contributed by atoms with E-state index in [4.69, 9.17) is 14.2 Å². The van der Waals surface area contributed by atoms with Gasteiger partial charge >= 0.3 is 6.03 Å². The van der Waals surface area contributed by atoms with Gasteiger partial charge in [0, 0.05) is 55.1 Å². The molecule has 1 saturated heterocycles. The number of H-pyrrole nitrogens is 1. The number of fused-ring (bicyclic) bond motifs is 3. The highest BCUT2D eigenvalue weighted by molar-refractivity contribution is 6.11. The number of benzene rings is 1. The van der Waals surface area contributed by atoms with Crippen molar-refractivity contribution >= 4 is 28.4 Å². The number of carbonyl (C=O) groups excluding carboxylic acids is 1. The van der Waals surface area contributed by atoms with Gasteiger partial charge in [-0.15, -0.1) is 0 Å². The molecule has 1 N–H and O–H groups in total. The molecule has 0 atom stereocenters. The summed E-state index contributed by atoms with van der Waals surface area (Å²) in [6.45, 7) is 5.86. The zero-order chi connectivity index (χ0) is 24.7. The standard InChI is InChI=1S/C24H27F2N5O4.CH4/c1-4-30-21-14(11-27-23-16(21)9-15(28-23)13-29-5-7-35-8-6-29)12-31(24(30)32)22-19(25)17(33-2)10-18(34-3)20(22)26;/h9-11H,4-8,12-13H2,1-3H3,(H,27,28);1H4. The molecule has 2 aromatic heterocycles. The van der Waals surface area contributed by atoms with Crippen molar-refractivity contribution in [1.29, 1.82) is 0 Å². The van der Waals surface area contributed by atoms with Gasteiger partial charge in [-0.05, 0) is 13.0 Å². The maximum atomic E-state index is 15.2. The number of hydrogen-bond donors (Lipinski definition) is 1. The molecule has 4 heterocycles. The first-order valence-electron chi connectivity index (χ1n) is 11.4. The van der Waals surface area contributed by atoms with Crippen LogP contribution in [0.1, 0.15) is 25.6 Å². The van der Waals surface area contributed by atoms with Crippen molar-refractivity contribution in [3.8, 4) is 11.5 Å². The summed E-state index contributed by atoms with van der Waals surface area (Å²) in [4.78, 5) is 26.3. The molecule has 2 aliphatic rings. The number of nitrogens with zero attached hydrogens (tertiary/aromatic N) is 4. The van der Waals surface area contributed by atoms with E-state index in [-0.39, 0.29) is 25.5 Å². The Kier molecular flexibility index (Phi) is 7.32. The third-order valence-electron chi connectivity index (χ3n) is 6.46. The van der Waals surface area contributed by atoms with E-state index in [9.17, 15) is 4.79 Å². The van der Waals surface area contributed by atoms with Gasteiger partial charge in [0.15, 0.2) is 23.1 Å². The number of nitrogens with one attached hydrogen (secondary N) is 1. The number of aromatic nitrogens is 2. The fraction of sp³-hybridized carbons (Fsp3) is 0.440. The minimum atomic E-state index is -0.970. The van der Waals surface area contributed by atoms with Crippen LogP contribution in [0.4, 0.5) is 25.0 Å². The lowest BCUT2D eigenvalue weighted by Gasteiger charge is -2.37. The monoisotopic (exact) mass is 503 g/mol. The smallest absolute Gasteiger partial charge is 0.329 e. The summed E-state index contributed by atoms with van der Waals surface area (Å²) in [5, 5.41) is 0.796. The average molecular weight is 504 g/mol. The molecule has 0 bridgehead atoms. The quantitative estimate of drug-likeness (QED) is 0.540. The molecule has 3 aromatic rings. The summed E-state index contributed by atoms with van der Waals surface area (Å²) in [7, 11) is 2.54. The number of pyridine rings is 1. The van der Waals surface area contributed by atoms with Crippen molar-refractivity contribution < 1.29 is 27.8 Å². The summed E-state index contributed by atoms with van der Waals surface area (Å²) in [5.41, 5.74) is 2.49. The Morgan fingerprint density at radius 2 is 1.75 bits per heavy atom. The van der Waals surface area contributed by atoms with Gasteiger partial charge in [-0.25, -0.2) is 18.6 Å². The van der Waals surface area contributed by atoms with Crippen LogP contribution >= 0.6 is 0 Å². The molecule has 11 heteroatoms. The molecule has 5 rings (SSSR count). The van der Waals surface area contributed by atoms with Crippen LogP contribution < -0.4 is 19.3 Å². The number of aromatic amines is 1. The molecule has 0 saturated carbocycles. The summed E-state index contributed by atoms with van der Waals surface area (Å²) in [6, 6.07) is 2.57. The zero-order valence-electron chi connectivity index (χ0n) is 19.9. The summed E-state index contributed by atoms with van der Waals surface area (Å²) < 4.78 is 46.0. The number of methoxy groups -OCH3 is 2. The van der Waals surface area contributed by atoms with Crippen LogP contribution in [0.2, 0.25) is 0 Å². The van der Waals surface area contributed by atoms with Gasteiger partial charge in [-0.3, -0.25) is 14.7 Å². The molecule has 2 amide bonds. The van der Waals surface area contributed by atoms with Crippen LogP contribution in [0.5, 0.6) is 11.5 Å². The van der Waals surface area contributed by atoms with Gasteiger partial charge in [-0.1, -0.05) is 7.43 Å². The van der Waals surface area contributed by atoms with Gasteiger partial charge in [0.1, 0.15) is 11.3 Å². The van der Waals surface area contributed by atoms with Crippen LogP contribution in [-0.4, -0.2) is 68.0 Å². The van der Waals surface area contributed by atoms with Crippen LogP contribution in [-0.2, 0) is 17.8 Å². The Labute approximate surface area is 208 Å². The van der Waals surface area contributed by atoms with E-state index in [1.165, 1.54) is 19.1 Å². The van der Waals surface area contributed by atoms with E-state index in [1.54, 1.807) is 6.20 Å². The lowest BCUT2D eigenvalue weighted by atomic mass is 10.1. The van der Waals surface area contributed by atoms with Crippen molar-refractivity contribution in [3.63, 3.8) is 0 Å². The minimum absolute atomic E-state index is 0. The Morgan fingerprint density at radius 1 is 1.08 bits per heavy atom. The Balaban J connectivity index is 0.00000304. The molecule has 0 aliphatic carbocycles. The molecule has 2 aliphatic heterocycles. The number of morpholine rings is 1. The number of hydrogen-bond acceptors (Lipinski definition) is 6. The fourth-order valence-corrected chi connectivity index (χ4v) is 4.73. The molecular formula is C25H31F2N5O4. The van der Waals surface area contributed by atoms with E-state index < -0.39 is 23.4 Å². The number of ether oxygens (including phenoxy) is 3. The highest BCUT2D eigenvalue weighted by Crippen LogP contribution is 2.42. The predicted molar refractivity (Wildman–Crippen MR) is 133 cm³/mol. The highest BCUT2D eigenvalue weighted by atomic mass is 19.1. The van der Waals surface area contributed by atoms with E-state index in [0.717, 1.165) is 35.1 Å². The first-order chi connectivity index (χ1) is 17.0. The topological polar surface area (TPSA) is 83.2 Å². The lowest BCUT2D eigenvalue weighted by molar-refractivity contribution is 0.0337. The van der Waals surface area contributed by atoms with Gasteiger partial charge in [0.05, 0.1) is 39.7 Å². The predicted octanol–water partition coefficient (Wildman–Crippen LogP) is 4.29. The second-order valence-electron chi connectivity index (χ2n) is 8.45. The SMILES string of the molecule is C.CCN1C(=O)N(c2c(F)c(OC)cc(OC)c2F)Cc2cnc3[nH]c(CN4CCOCC4)cc3c21. The normalized spacial score (nSPS) is 16.2. The van der Waals surface area contributed by atoms with E-state index in [2.05, 4.69) is 14.9 Å². The lowest BCUT2D eigenvalue weighted by Crippen LogP contribution is -2.48. The first kappa shape index (κ1) is 25.6. The van der Waals surface area contributed by atoms with Crippen molar-refractivity contribution in [1.82, 2.24) is 14.9 Å². The fourth-order valence-electron chi connectivity index (χ4n) is 4.73.